The molecule has 0 saturated heterocycles. The molecule has 1 spiro atoms. The SMILES string of the molecule is COc1cc(OC)c2c(c1Cl)O[C@]1(C2=O)C(O)=C(C(CC(=O)NCCc2noc(Cn3ccccc3=O)n2)c2ccc(SC)cc2)C(=O)C[C@H]1C. The number of hydrogen-bond donors (Lipinski definition) is 2. The molecule has 0 saturated carbocycles. The first-order valence-corrected chi connectivity index (χ1v) is 17.6. The minimum atomic E-state index is -2.00. The number of aliphatic hydroxyl groups is 1. The van der Waals surface area contributed by atoms with E-state index in [9.17, 15) is 24.3 Å². The Balaban J connectivity index is 1.28. The number of hydrogen-bond acceptors (Lipinski definition) is 12. The summed E-state index contributed by atoms with van der Waals surface area (Å²) in [7, 11) is 2.79. The van der Waals surface area contributed by atoms with Gasteiger partial charge in [-0.25, -0.2) is 0 Å². The van der Waals surface area contributed by atoms with E-state index >= 15 is 0 Å². The summed E-state index contributed by atoms with van der Waals surface area (Å²) in [5.74, 6) is -2.89. The monoisotopic (exact) mass is 734 g/mol. The number of nitrogens with one attached hydrogen (secondary N) is 1. The molecule has 1 aliphatic carbocycles. The molecule has 1 amide bonds. The molecule has 15 heteroatoms. The number of ether oxygens (including phenoxy) is 3. The van der Waals surface area contributed by atoms with E-state index in [1.807, 2.05) is 18.4 Å². The van der Waals surface area contributed by atoms with Crippen molar-refractivity contribution in [3.8, 4) is 17.2 Å². The number of benzene rings is 2. The Labute approximate surface area is 301 Å². The van der Waals surface area contributed by atoms with Gasteiger partial charge in [-0.2, -0.15) is 4.98 Å². The van der Waals surface area contributed by atoms with Crippen molar-refractivity contribution in [2.75, 3.05) is 27.0 Å². The molecule has 0 bridgehead atoms. The standard InChI is InChI=1S/C36H35ClN4O9S/c1-19-15-23(42)30(34(45)36(19)35(46)31-24(47-2)17-25(48-3)32(37)33(31)49-36)22(20-8-10-21(51-4)11-9-20)16-27(43)38-13-12-26-39-28(50-40-26)18-41-14-6-5-7-29(41)44/h5-11,14,17,19,22,45H,12-13,15-16,18H2,1-4H3,(H,38,43)/t19-,22?,36+/m1/s1. The smallest absolute Gasteiger partial charge is 0.250 e. The fourth-order valence-corrected chi connectivity index (χ4v) is 7.20. The molecule has 1 aliphatic heterocycles. The normalized spacial score (nSPS) is 18.8. The molecule has 1 unspecified atom stereocenters. The molecule has 4 aromatic rings. The lowest BCUT2D eigenvalue weighted by Crippen LogP contribution is -2.53. The summed E-state index contributed by atoms with van der Waals surface area (Å²) in [5, 5.41) is 18.9. The quantitative estimate of drug-likeness (QED) is 0.188. The third kappa shape index (κ3) is 6.61. The molecule has 3 heterocycles. The molecule has 13 nitrogen and oxygen atoms in total. The van der Waals surface area contributed by atoms with E-state index in [2.05, 4.69) is 15.5 Å². The molecule has 2 aromatic carbocycles. The number of aromatic nitrogens is 3. The maximum Gasteiger partial charge on any atom is 0.250 e. The Morgan fingerprint density at radius 2 is 1.90 bits per heavy atom. The van der Waals surface area contributed by atoms with Gasteiger partial charge < -0.3 is 33.7 Å². The molecule has 51 heavy (non-hydrogen) atoms. The number of nitrogens with zero attached hydrogens (tertiary/aromatic N) is 3. The summed E-state index contributed by atoms with van der Waals surface area (Å²) >= 11 is 8.12. The van der Waals surface area contributed by atoms with E-state index in [1.54, 1.807) is 37.4 Å². The fraction of sp³-hybridized carbons (Fsp3) is 0.333. The van der Waals surface area contributed by atoms with Gasteiger partial charge in [-0.05, 0) is 30.0 Å². The third-order valence-electron chi connectivity index (χ3n) is 9.15. The van der Waals surface area contributed by atoms with Gasteiger partial charge in [0.2, 0.25) is 23.2 Å². The van der Waals surface area contributed by atoms with Crippen LogP contribution in [0.3, 0.4) is 0 Å². The molecule has 266 valence electrons. The van der Waals surface area contributed by atoms with Crippen molar-refractivity contribution in [2.24, 2.45) is 5.92 Å². The van der Waals surface area contributed by atoms with Crippen molar-refractivity contribution >= 4 is 40.8 Å². The number of halogens is 1. The van der Waals surface area contributed by atoms with E-state index in [0.29, 0.717) is 11.4 Å². The number of aliphatic hydroxyl groups excluding tert-OH is 1. The lowest BCUT2D eigenvalue weighted by atomic mass is 9.69. The number of Topliss-reactive ketones (excluding diaryl/α,β-unsaturated/α-hetero) is 2. The number of carbonyl (C=O) groups excluding carboxylic acids is 3. The van der Waals surface area contributed by atoms with Gasteiger partial charge in [0.15, 0.2) is 23.1 Å². The second kappa shape index (κ2) is 14.6. The number of thioether (sulfide) groups is 1. The third-order valence-corrected chi connectivity index (χ3v) is 10.3. The molecular weight excluding hydrogens is 700 g/mol. The van der Waals surface area contributed by atoms with Crippen LogP contribution < -0.4 is 25.1 Å². The Hall–Kier alpha value is -5.08. The predicted octanol–water partition coefficient (Wildman–Crippen LogP) is 4.94. The van der Waals surface area contributed by atoms with Crippen molar-refractivity contribution in [3.05, 3.63) is 104 Å². The summed E-state index contributed by atoms with van der Waals surface area (Å²) in [6.07, 6.45) is 3.38. The highest BCUT2D eigenvalue weighted by atomic mass is 35.5. The number of methoxy groups -OCH3 is 2. The van der Waals surface area contributed by atoms with E-state index < -0.39 is 40.7 Å². The summed E-state index contributed by atoms with van der Waals surface area (Å²) in [6, 6.07) is 13.5. The first-order valence-electron chi connectivity index (χ1n) is 16.0. The van der Waals surface area contributed by atoms with Gasteiger partial charge in [-0.3, -0.25) is 19.2 Å². The second-order valence-corrected chi connectivity index (χ2v) is 13.4. The van der Waals surface area contributed by atoms with Crippen molar-refractivity contribution in [1.82, 2.24) is 20.0 Å². The summed E-state index contributed by atoms with van der Waals surface area (Å²) in [5.41, 5.74) is -1.69. The maximum atomic E-state index is 14.3. The van der Waals surface area contributed by atoms with Gasteiger partial charge in [-0.15, -0.1) is 11.8 Å². The number of carbonyl (C=O) groups is 3. The van der Waals surface area contributed by atoms with E-state index in [-0.39, 0.29) is 77.2 Å². The number of ketones is 2. The second-order valence-electron chi connectivity index (χ2n) is 12.2. The van der Waals surface area contributed by atoms with Gasteiger partial charge in [0.25, 0.3) is 5.56 Å². The number of rotatable bonds is 12. The molecule has 3 atom stereocenters. The molecule has 6 rings (SSSR count). The van der Waals surface area contributed by atoms with Crippen LogP contribution >= 0.6 is 23.4 Å². The Kier molecular flexibility index (Phi) is 10.3. The highest BCUT2D eigenvalue weighted by molar-refractivity contribution is 7.98. The van der Waals surface area contributed by atoms with Gasteiger partial charge in [-0.1, -0.05) is 41.9 Å². The maximum absolute atomic E-state index is 14.3. The van der Waals surface area contributed by atoms with Gasteiger partial charge in [0, 0.05) is 66.4 Å². The van der Waals surface area contributed by atoms with Crippen LogP contribution in [0.15, 0.2) is 80.3 Å². The first kappa shape index (κ1) is 35.7. The van der Waals surface area contributed by atoms with Crippen molar-refractivity contribution in [1.29, 1.82) is 0 Å². The van der Waals surface area contributed by atoms with E-state index in [1.165, 1.54) is 42.7 Å². The van der Waals surface area contributed by atoms with Gasteiger partial charge >= 0.3 is 0 Å². The van der Waals surface area contributed by atoms with Crippen LogP contribution in [-0.2, 0) is 22.6 Å². The Morgan fingerprint density at radius 1 is 1.16 bits per heavy atom. The zero-order chi connectivity index (χ0) is 36.4. The average molecular weight is 735 g/mol. The molecule has 2 N–H and O–H groups in total. The van der Waals surface area contributed by atoms with Crippen molar-refractivity contribution in [2.45, 2.75) is 49.1 Å². The Bertz CT molecular complexity index is 2090. The van der Waals surface area contributed by atoms with Crippen LogP contribution in [0.2, 0.25) is 5.02 Å². The van der Waals surface area contributed by atoms with Crippen LogP contribution in [-0.4, -0.2) is 69.9 Å². The van der Waals surface area contributed by atoms with Crippen LogP contribution in [0.25, 0.3) is 0 Å². The van der Waals surface area contributed by atoms with Gasteiger partial charge in [0.05, 0.1) is 14.2 Å². The molecule has 2 aliphatic rings. The molecule has 0 fully saturated rings. The molecule has 2 aromatic heterocycles. The summed E-state index contributed by atoms with van der Waals surface area (Å²) in [4.78, 5) is 59.0. The van der Waals surface area contributed by atoms with Gasteiger partial charge in [0.1, 0.15) is 28.6 Å². The van der Waals surface area contributed by atoms with E-state index in [0.717, 1.165) is 4.90 Å². The highest BCUT2D eigenvalue weighted by Crippen LogP contribution is 2.55. The first-order chi connectivity index (χ1) is 24.5. The van der Waals surface area contributed by atoms with Crippen LogP contribution in [0.5, 0.6) is 17.2 Å². The van der Waals surface area contributed by atoms with Crippen LogP contribution in [0, 0.1) is 5.92 Å². The molecular formula is C36H35ClN4O9S. The zero-order valence-electron chi connectivity index (χ0n) is 28.2. The van der Waals surface area contributed by atoms with Crippen LogP contribution in [0.4, 0.5) is 0 Å². The van der Waals surface area contributed by atoms with E-state index in [4.69, 9.17) is 30.3 Å². The number of allylic oxidation sites excluding steroid dienone is 1. The number of pyridine rings is 1. The number of fused-ring (bicyclic) bond motifs is 1. The predicted molar refractivity (Wildman–Crippen MR) is 187 cm³/mol. The van der Waals surface area contributed by atoms with Crippen LogP contribution in [0.1, 0.15) is 53.3 Å². The van der Waals surface area contributed by atoms with Crippen molar-refractivity contribution < 1.29 is 38.2 Å². The topological polar surface area (TPSA) is 172 Å². The highest BCUT2D eigenvalue weighted by Gasteiger charge is 2.61. The fourth-order valence-electron chi connectivity index (χ4n) is 6.53. The summed E-state index contributed by atoms with van der Waals surface area (Å²) < 4.78 is 23.9. The lowest BCUT2D eigenvalue weighted by molar-refractivity contribution is -0.121. The minimum absolute atomic E-state index is 0.0169. The average Bonchev–Trinajstić information content (AvgIpc) is 3.70. The largest absolute Gasteiger partial charge is 0.507 e. The van der Waals surface area contributed by atoms with Crippen molar-refractivity contribution in [3.63, 3.8) is 0 Å². The Morgan fingerprint density at radius 3 is 2.59 bits per heavy atom. The minimum Gasteiger partial charge on any atom is -0.507 e. The summed E-state index contributed by atoms with van der Waals surface area (Å²) in [6.45, 7) is 1.88. The molecule has 0 radical (unpaired) electrons. The lowest BCUT2D eigenvalue weighted by Gasteiger charge is -2.38. The zero-order valence-corrected chi connectivity index (χ0v) is 29.8. The number of amides is 1.